The summed E-state index contributed by atoms with van der Waals surface area (Å²) in [5.41, 5.74) is 3.29. The second-order valence-electron chi connectivity index (χ2n) is 7.87. The largest absolute Gasteiger partial charge is 0.493 e. The number of rotatable bonds is 12. The first-order valence-corrected chi connectivity index (χ1v) is 12.3. The van der Waals surface area contributed by atoms with Crippen molar-refractivity contribution in [1.29, 1.82) is 0 Å². The fraction of sp³-hybridized carbons (Fsp3) is 0.435. The smallest absolute Gasteiger partial charge is 0.258 e. The molecule has 0 atom stereocenters. The molecule has 0 bridgehead atoms. The predicted molar refractivity (Wildman–Crippen MR) is 129 cm³/mol. The van der Waals surface area contributed by atoms with E-state index in [0.717, 1.165) is 28.6 Å². The Balaban J connectivity index is 0.00000385. The van der Waals surface area contributed by atoms with Crippen LogP contribution in [0.15, 0.2) is 53.4 Å². The van der Waals surface area contributed by atoms with Crippen LogP contribution in [-0.4, -0.2) is 50.1 Å². The highest BCUT2D eigenvalue weighted by Gasteiger charge is 2.27. The summed E-state index contributed by atoms with van der Waals surface area (Å²) in [4.78, 5) is 14.1. The van der Waals surface area contributed by atoms with Crippen molar-refractivity contribution in [2.75, 3.05) is 31.1 Å². The first-order chi connectivity index (χ1) is 15.4. The van der Waals surface area contributed by atoms with E-state index in [1.54, 1.807) is 12.1 Å². The van der Waals surface area contributed by atoms with Gasteiger partial charge in [0.25, 0.3) is 5.91 Å². The van der Waals surface area contributed by atoms with Crippen LogP contribution in [0.3, 0.4) is 0 Å². The Labute approximate surface area is 202 Å². The number of hydroxylamine groups is 1. The molecule has 0 saturated heterocycles. The molecule has 0 heterocycles. The van der Waals surface area contributed by atoms with Crippen LogP contribution < -0.4 is 15.1 Å². The zero-order chi connectivity index (χ0) is 23.1. The Hall–Kier alpha value is -2.33. The Morgan fingerprint density at radius 1 is 1.06 bits per heavy atom. The minimum absolute atomic E-state index is 0. The number of amides is 1. The molecule has 0 aromatic heterocycles. The van der Waals surface area contributed by atoms with Crippen molar-refractivity contribution in [3.63, 3.8) is 0 Å². The van der Waals surface area contributed by atoms with Gasteiger partial charge in [0, 0.05) is 25.3 Å². The van der Waals surface area contributed by atoms with Crippen LogP contribution in [0.5, 0.6) is 5.75 Å². The van der Waals surface area contributed by atoms with E-state index in [9.17, 15) is 13.2 Å². The second-order valence-corrected chi connectivity index (χ2v) is 9.81. The Morgan fingerprint density at radius 3 is 2.18 bits per heavy atom. The summed E-state index contributed by atoms with van der Waals surface area (Å²) in [6, 6.07) is 13.8. The molecule has 2 N–H and O–H groups in total. The molecule has 2 aromatic carbocycles. The van der Waals surface area contributed by atoms with E-state index >= 15 is 0 Å². The van der Waals surface area contributed by atoms with Crippen molar-refractivity contribution in [2.24, 2.45) is 5.92 Å². The van der Waals surface area contributed by atoms with Crippen LogP contribution >= 0.6 is 12.4 Å². The lowest BCUT2D eigenvalue weighted by Crippen LogP contribution is -2.39. The van der Waals surface area contributed by atoms with Gasteiger partial charge in [0.1, 0.15) is 5.75 Å². The summed E-state index contributed by atoms with van der Waals surface area (Å²) in [6.07, 6.45) is 2.34. The normalized spacial score (nSPS) is 13.3. The van der Waals surface area contributed by atoms with E-state index in [2.05, 4.69) is 18.7 Å². The van der Waals surface area contributed by atoms with Gasteiger partial charge in [0.15, 0.2) is 0 Å². The van der Waals surface area contributed by atoms with Gasteiger partial charge in [0.2, 0.25) is 10.0 Å². The van der Waals surface area contributed by atoms with Crippen molar-refractivity contribution in [2.45, 2.75) is 38.1 Å². The molecular formula is C23H32ClN3O5S. The molecule has 0 aliphatic heterocycles. The number of nitrogens with zero attached hydrogens (tertiary/aromatic N) is 2. The zero-order valence-electron chi connectivity index (χ0n) is 18.9. The average molecular weight is 498 g/mol. The SMILES string of the molecule is CCN(CC)c1ccc(CN(CC(=O)NO)S(=O)(=O)c2ccc(OCC3CC3)cc2)cc1.Cl. The minimum atomic E-state index is -3.98. The quantitative estimate of drug-likeness (QED) is 0.344. The van der Waals surface area contributed by atoms with E-state index in [0.29, 0.717) is 18.3 Å². The van der Waals surface area contributed by atoms with Crippen molar-refractivity contribution < 1.29 is 23.2 Å². The van der Waals surface area contributed by atoms with Crippen molar-refractivity contribution in [3.8, 4) is 5.75 Å². The number of anilines is 1. The van der Waals surface area contributed by atoms with E-state index in [4.69, 9.17) is 9.94 Å². The molecule has 1 amide bonds. The molecule has 8 nitrogen and oxygen atoms in total. The monoisotopic (exact) mass is 497 g/mol. The second kappa shape index (κ2) is 12.2. The van der Waals surface area contributed by atoms with Crippen LogP contribution in [0.4, 0.5) is 5.69 Å². The van der Waals surface area contributed by atoms with Crippen LogP contribution in [0.1, 0.15) is 32.3 Å². The number of hydrogen-bond acceptors (Lipinski definition) is 6. The standard InChI is InChI=1S/C23H31N3O5S.ClH/c1-3-25(4-2)20-9-7-18(8-10-20)15-26(16-23(27)24-28)32(29,30)22-13-11-21(12-14-22)31-17-19-5-6-19;/h7-14,19,28H,3-6,15-17H2,1-2H3,(H,24,27);1H. The number of halogens is 1. The maximum absolute atomic E-state index is 13.3. The number of ether oxygens (including phenoxy) is 1. The highest BCUT2D eigenvalue weighted by molar-refractivity contribution is 7.89. The van der Waals surface area contributed by atoms with Crippen LogP contribution in [-0.2, 0) is 21.4 Å². The van der Waals surface area contributed by atoms with Gasteiger partial charge in [-0.2, -0.15) is 4.31 Å². The summed E-state index contributed by atoms with van der Waals surface area (Å²) in [7, 11) is -3.98. The minimum Gasteiger partial charge on any atom is -0.493 e. The molecule has 10 heteroatoms. The zero-order valence-corrected chi connectivity index (χ0v) is 20.6. The Bertz CT molecular complexity index is 992. The van der Waals surface area contributed by atoms with Gasteiger partial charge in [-0.15, -0.1) is 12.4 Å². The third-order valence-electron chi connectivity index (χ3n) is 5.51. The van der Waals surface area contributed by atoms with E-state index in [1.165, 1.54) is 30.5 Å². The number of carbonyl (C=O) groups excluding carboxylic acids is 1. The molecule has 0 unspecified atom stereocenters. The highest BCUT2D eigenvalue weighted by atomic mass is 35.5. The van der Waals surface area contributed by atoms with Crippen molar-refractivity contribution >= 4 is 34.0 Å². The summed E-state index contributed by atoms with van der Waals surface area (Å²) in [5, 5.41) is 8.94. The Kier molecular flexibility index (Phi) is 9.97. The lowest BCUT2D eigenvalue weighted by atomic mass is 10.2. The van der Waals surface area contributed by atoms with Crippen molar-refractivity contribution in [1.82, 2.24) is 9.79 Å². The topological polar surface area (TPSA) is 99.2 Å². The number of hydrogen-bond donors (Lipinski definition) is 2. The van der Waals surface area contributed by atoms with Gasteiger partial charge in [0.05, 0.1) is 18.0 Å². The van der Waals surface area contributed by atoms with Gasteiger partial charge >= 0.3 is 0 Å². The molecule has 1 aliphatic carbocycles. The summed E-state index contributed by atoms with van der Waals surface area (Å²) in [6.45, 7) is 6.01. The maximum atomic E-state index is 13.3. The van der Waals surface area contributed by atoms with Crippen LogP contribution in [0.2, 0.25) is 0 Å². The van der Waals surface area contributed by atoms with Gasteiger partial charge in [-0.05, 0) is 74.6 Å². The van der Waals surface area contributed by atoms with Gasteiger partial charge in [-0.3, -0.25) is 10.0 Å². The van der Waals surface area contributed by atoms with Crippen LogP contribution in [0.25, 0.3) is 0 Å². The predicted octanol–water partition coefficient (Wildman–Crippen LogP) is 3.44. The molecule has 33 heavy (non-hydrogen) atoms. The van der Waals surface area contributed by atoms with E-state index in [-0.39, 0.29) is 23.8 Å². The maximum Gasteiger partial charge on any atom is 0.258 e. The first kappa shape index (κ1) is 26.9. The molecular weight excluding hydrogens is 466 g/mol. The Morgan fingerprint density at radius 2 is 1.67 bits per heavy atom. The summed E-state index contributed by atoms with van der Waals surface area (Å²) < 4.78 is 33.2. The van der Waals surface area contributed by atoms with Gasteiger partial charge in [-0.25, -0.2) is 13.9 Å². The number of carbonyl (C=O) groups is 1. The number of sulfonamides is 1. The molecule has 1 saturated carbocycles. The first-order valence-electron chi connectivity index (χ1n) is 10.9. The average Bonchev–Trinajstić information content (AvgIpc) is 3.64. The summed E-state index contributed by atoms with van der Waals surface area (Å²) >= 11 is 0. The third kappa shape index (κ3) is 7.33. The third-order valence-corrected chi connectivity index (χ3v) is 7.32. The molecule has 2 aromatic rings. The van der Waals surface area contributed by atoms with E-state index in [1.807, 2.05) is 24.3 Å². The van der Waals surface area contributed by atoms with Gasteiger partial charge in [-0.1, -0.05) is 12.1 Å². The molecule has 3 rings (SSSR count). The summed E-state index contributed by atoms with van der Waals surface area (Å²) in [5.74, 6) is 0.402. The van der Waals surface area contributed by atoms with Gasteiger partial charge < -0.3 is 9.64 Å². The lowest BCUT2D eigenvalue weighted by Gasteiger charge is -2.23. The fourth-order valence-electron chi connectivity index (χ4n) is 3.38. The molecule has 1 fully saturated rings. The molecule has 182 valence electrons. The number of nitrogens with one attached hydrogen (secondary N) is 1. The molecule has 0 radical (unpaired) electrons. The fourth-order valence-corrected chi connectivity index (χ4v) is 4.77. The van der Waals surface area contributed by atoms with E-state index < -0.39 is 22.5 Å². The molecule has 0 spiro atoms. The molecule has 1 aliphatic rings. The van der Waals surface area contributed by atoms with Crippen LogP contribution in [0, 0.1) is 5.92 Å². The highest BCUT2D eigenvalue weighted by Crippen LogP contribution is 2.30. The lowest BCUT2D eigenvalue weighted by molar-refractivity contribution is -0.129. The van der Waals surface area contributed by atoms with Crippen molar-refractivity contribution in [3.05, 3.63) is 54.1 Å². The number of benzene rings is 2.